The average Bonchev–Trinajstić information content (AvgIpc) is 2.98. The molecule has 3 rings (SSSR count). The molecule has 19 heavy (non-hydrogen) atoms. The first-order valence-electron chi connectivity index (χ1n) is 6.71. The number of rotatable bonds is 0. The Morgan fingerprint density at radius 3 is 2.26 bits per heavy atom. The van der Waals surface area contributed by atoms with E-state index in [1.165, 1.54) is 37.8 Å². The van der Waals surface area contributed by atoms with Crippen molar-refractivity contribution in [1.29, 1.82) is 0 Å². The van der Waals surface area contributed by atoms with E-state index in [2.05, 4.69) is 11.8 Å². The van der Waals surface area contributed by atoms with Gasteiger partial charge in [-0.15, -0.1) is 0 Å². The third-order valence-corrected chi connectivity index (χ3v) is 4.35. The van der Waals surface area contributed by atoms with Crippen LogP contribution in [-0.2, 0) is 6.18 Å². The van der Waals surface area contributed by atoms with Gasteiger partial charge < -0.3 is 0 Å². The highest BCUT2D eigenvalue weighted by atomic mass is 19.4. The summed E-state index contributed by atoms with van der Waals surface area (Å²) in [6, 6.07) is 5.13. The molecule has 0 amide bonds. The fourth-order valence-corrected chi connectivity index (χ4v) is 3.34. The maximum absolute atomic E-state index is 12.4. The minimum Gasteiger partial charge on any atom is -0.166 e. The standard InChI is InChI=1S/C16H15F3/c17-16(18,19)15-7-3-11(4-8-15)1-5-13-9-12-2-6-14(13)10-12/h3-4,7-8,12-14H,2,6,9-10H2. The summed E-state index contributed by atoms with van der Waals surface area (Å²) in [6.45, 7) is 0. The summed E-state index contributed by atoms with van der Waals surface area (Å²) in [6.07, 6.45) is 0.821. The lowest BCUT2D eigenvalue weighted by Gasteiger charge is -2.15. The summed E-state index contributed by atoms with van der Waals surface area (Å²) in [4.78, 5) is 0. The Kier molecular flexibility index (Phi) is 3.05. The smallest absolute Gasteiger partial charge is 0.166 e. The van der Waals surface area contributed by atoms with Crippen LogP contribution in [0.15, 0.2) is 24.3 Å². The highest BCUT2D eigenvalue weighted by molar-refractivity contribution is 5.37. The Morgan fingerprint density at radius 2 is 1.74 bits per heavy atom. The third kappa shape index (κ3) is 2.63. The number of alkyl halides is 3. The minimum atomic E-state index is -4.27. The highest BCUT2D eigenvalue weighted by Crippen LogP contribution is 2.47. The van der Waals surface area contributed by atoms with Crippen LogP contribution >= 0.6 is 0 Å². The van der Waals surface area contributed by atoms with E-state index in [1.807, 2.05) is 0 Å². The summed E-state index contributed by atoms with van der Waals surface area (Å²) in [7, 11) is 0. The number of fused-ring (bicyclic) bond motifs is 2. The average molecular weight is 264 g/mol. The van der Waals surface area contributed by atoms with E-state index in [4.69, 9.17) is 0 Å². The summed E-state index contributed by atoms with van der Waals surface area (Å²) in [5.41, 5.74) is 0.0637. The van der Waals surface area contributed by atoms with Crippen molar-refractivity contribution in [3.8, 4) is 11.8 Å². The van der Waals surface area contributed by atoms with E-state index in [0.717, 1.165) is 24.0 Å². The summed E-state index contributed by atoms with van der Waals surface area (Å²) in [5.74, 6) is 8.32. The second kappa shape index (κ2) is 4.59. The van der Waals surface area contributed by atoms with Crippen LogP contribution < -0.4 is 0 Å². The Balaban J connectivity index is 1.71. The molecule has 0 N–H and O–H groups in total. The predicted octanol–water partition coefficient (Wildman–Crippen LogP) is 4.49. The molecular weight excluding hydrogens is 249 g/mol. The largest absolute Gasteiger partial charge is 0.416 e. The van der Waals surface area contributed by atoms with Gasteiger partial charge in [-0.1, -0.05) is 18.3 Å². The van der Waals surface area contributed by atoms with Crippen molar-refractivity contribution >= 4 is 0 Å². The summed E-state index contributed by atoms with van der Waals surface area (Å²) in [5, 5.41) is 0. The molecule has 1 aromatic carbocycles. The fourth-order valence-electron chi connectivity index (χ4n) is 3.34. The summed E-state index contributed by atoms with van der Waals surface area (Å²) < 4.78 is 37.3. The van der Waals surface area contributed by atoms with Gasteiger partial charge in [0.15, 0.2) is 0 Å². The molecule has 0 nitrogen and oxygen atoms in total. The van der Waals surface area contributed by atoms with Crippen LogP contribution in [0.4, 0.5) is 13.2 Å². The molecule has 3 atom stereocenters. The number of hydrogen-bond donors (Lipinski definition) is 0. The molecule has 2 aliphatic carbocycles. The molecule has 2 saturated carbocycles. The maximum Gasteiger partial charge on any atom is 0.416 e. The SMILES string of the molecule is FC(F)(F)c1ccc(C#CC2CC3CCC2C3)cc1. The number of hydrogen-bond acceptors (Lipinski definition) is 0. The monoisotopic (exact) mass is 264 g/mol. The van der Waals surface area contributed by atoms with Gasteiger partial charge in [-0.2, -0.15) is 13.2 Å². The molecule has 100 valence electrons. The van der Waals surface area contributed by atoms with Crippen molar-refractivity contribution in [2.45, 2.75) is 31.9 Å². The molecule has 2 bridgehead atoms. The Morgan fingerprint density at radius 1 is 1.00 bits per heavy atom. The van der Waals surface area contributed by atoms with Crippen molar-refractivity contribution in [1.82, 2.24) is 0 Å². The molecule has 3 heteroatoms. The van der Waals surface area contributed by atoms with E-state index in [-0.39, 0.29) is 0 Å². The minimum absolute atomic E-state index is 0.459. The molecule has 0 radical (unpaired) electrons. The molecule has 0 aromatic heterocycles. The van der Waals surface area contributed by atoms with Gasteiger partial charge in [0.05, 0.1) is 5.56 Å². The van der Waals surface area contributed by atoms with E-state index in [9.17, 15) is 13.2 Å². The first-order valence-corrected chi connectivity index (χ1v) is 6.71. The first-order chi connectivity index (χ1) is 9.02. The zero-order chi connectivity index (χ0) is 13.5. The van der Waals surface area contributed by atoms with Crippen LogP contribution in [0.5, 0.6) is 0 Å². The Labute approximate surface area is 111 Å². The van der Waals surface area contributed by atoms with Crippen molar-refractivity contribution in [3.63, 3.8) is 0 Å². The van der Waals surface area contributed by atoms with Crippen LogP contribution in [-0.4, -0.2) is 0 Å². The van der Waals surface area contributed by atoms with Crippen LogP contribution in [0, 0.1) is 29.6 Å². The van der Waals surface area contributed by atoms with Gasteiger partial charge >= 0.3 is 6.18 Å². The van der Waals surface area contributed by atoms with E-state index in [0.29, 0.717) is 11.5 Å². The molecule has 0 aliphatic heterocycles. The first kappa shape index (κ1) is 12.6. The lowest BCUT2D eigenvalue weighted by atomic mass is 9.89. The van der Waals surface area contributed by atoms with E-state index < -0.39 is 11.7 Å². The van der Waals surface area contributed by atoms with Crippen LogP contribution in [0.25, 0.3) is 0 Å². The van der Waals surface area contributed by atoms with Gasteiger partial charge in [0.2, 0.25) is 0 Å². The van der Waals surface area contributed by atoms with Gasteiger partial charge in [-0.25, -0.2) is 0 Å². The second-order valence-corrected chi connectivity index (χ2v) is 5.63. The molecule has 0 spiro atoms. The van der Waals surface area contributed by atoms with Crippen molar-refractivity contribution < 1.29 is 13.2 Å². The molecule has 0 saturated heterocycles. The Bertz CT molecular complexity index is 516. The highest BCUT2D eigenvalue weighted by Gasteiger charge is 2.38. The lowest BCUT2D eigenvalue weighted by Crippen LogP contribution is -2.07. The van der Waals surface area contributed by atoms with Gasteiger partial charge in [0.1, 0.15) is 0 Å². The van der Waals surface area contributed by atoms with Gasteiger partial charge in [0.25, 0.3) is 0 Å². The molecular formula is C16H15F3. The van der Waals surface area contributed by atoms with Crippen molar-refractivity contribution in [2.75, 3.05) is 0 Å². The zero-order valence-electron chi connectivity index (χ0n) is 10.5. The molecule has 3 unspecified atom stereocenters. The topological polar surface area (TPSA) is 0 Å². The normalized spacial score (nSPS) is 29.1. The van der Waals surface area contributed by atoms with E-state index in [1.54, 1.807) is 0 Å². The van der Waals surface area contributed by atoms with E-state index >= 15 is 0 Å². The molecule has 0 heterocycles. The lowest BCUT2D eigenvalue weighted by molar-refractivity contribution is -0.137. The maximum atomic E-state index is 12.4. The van der Waals surface area contributed by atoms with Crippen LogP contribution in [0.2, 0.25) is 0 Å². The van der Waals surface area contributed by atoms with Crippen molar-refractivity contribution in [2.24, 2.45) is 17.8 Å². The quantitative estimate of drug-likeness (QED) is 0.605. The van der Waals surface area contributed by atoms with Crippen LogP contribution in [0.1, 0.15) is 36.8 Å². The molecule has 2 fully saturated rings. The number of halogens is 3. The van der Waals surface area contributed by atoms with Gasteiger partial charge in [0, 0.05) is 11.5 Å². The van der Waals surface area contributed by atoms with Gasteiger partial charge in [-0.3, -0.25) is 0 Å². The molecule has 1 aromatic rings. The molecule has 2 aliphatic rings. The zero-order valence-corrected chi connectivity index (χ0v) is 10.5. The predicted molar refractivity (Wildman–Crippen MR) is 67.3 cm³/mol. The summed E-state index contributed by atoms with van der Waals surface area (Å²) >= 11 is 0. The van der Waals surface area contributed by atoms with Gasteiger partial charge in [-0.05, 0) is 55.4 Å². The second-order valence-electron chi connectivity index (χ2n) is 5.63. The van der Waals surface area contributed by atoms with Crippen LogP contribution in [0.3, 0.4) is 0 Å². The third-order valence-electron chi connectivity index (χ3n) is 4.35. The van der Waals surface area contributed by atoms with Crippen molar-refractivity contribution in [3.05, 3.63) is 35.4 Å². The Hall–Kier alpha value is -1.43. The fraction of sp³-hybridized carbons (Fsp3) is 0.500. The number of benzene rings is 1.